The highest BCUT2D eigenvalue weighted by Gasteiger charge is 2.24. The molecule has 1 saturated heterocycles. The van der Waals surface area contributed by atoms with E-state index in [0.29, 0.717) is 19.1 Å². The lowest BCUT2D eigenvalue weighted by molar-refractivity contribution is 0.0536. The van der Waals surface area contributed by atoms with Crippen molar-refractivity contribution in [2.45, 2.75) is 19.8 Å². The van der Waals surface area contributed by atoms with Gasteiger partial charge in [-0.2, -0.15) is 0 Å². The van der Waals surface area contributed by atoms with E-state index in [-0.39, 0.29) is 24.0 Å². The predicted molar refractivity (Wildman–Crippen MR) is 131 cm³/mol. The fourth-order valence-electron chi connectivity index (χ4n) is 3.66. The van der Waals surface area contributed by atoms with Gasteiger partial charge in [0.2, 0.25) is 0 Å². The summed E-state index contributed by atoms with van der Waals surface area (Å²) in [5, 5.41) is 6.04. The van der Waals surface area contributed by atoms with Crippen LogP contribution in [-0.4, -0.2) is 64.0 Å². The number of hydrogen-bond acceptors (Lipinski definition) is 3. The maximum atomic E-state index is 5.71. The highest BCUT2D eigenvalue weighted by Crippen LogP contribution is 2.18. The molecule has 0 aromatic heterocycles. The molecule has 1 unspecified atom stereocenters. The van der Waals surface area contributed by atoms with Crippen molar-refractivity contribution < 1.29 is 9.47 Å². The number of likely N-dealkylation sites (tertiary alicyclic amines) is 1. The Morgan fingerprint density at radius 3 is 2.79 bits per heavy atom. The summed E-state index contributed by atoms with van der Waals surface area (Å²) >= 11 is 0. The van der Waals surface area contributed by atoms with Crippen LogP contribution in [0.4, 0.5) is 0 Å². The average molecular weight is 511 g/mol. The number of hydrogen-bond donors (Lipinski definition) is 1. The quantitative estimate of drug-likeness (QED) is 0.240. The summed E-state index contributed by atoms with van der Waals surface area (Å²) < 4.78 is 10.7. The Morgan fingerprint density at radius 1 is 1.17 bits per heavy atom. The van der Waals surface area contributed by atoms with Crippen molar-refractivity contribution in [3.8, 4) is 0 Å². The number of rotatable bonds is 9. The van der Waals surface area contributed by atoms with E-state index >= 15 is 0 Å². The smallest absolute Gasteiger partial charge is 0.193 e. The SMILES string of the molecule is CCNC(=NCCc1ccc2ccccc2c1)N1CCC(COCCOC)C1.I. The molecule has 0 amide bonds. The van der Waals surface area contributed by atoms with Gasteiger partial charge >= 0.3 is 0 Å². The zero-order chi connectivity index (χ0) is 19.6. The minimum Gasteiger partial charge on any atom is -0.382 e. The third kappa shape index (κ3) is 7.42. The molecular weight excluding hydrogens is 477 g/mol. The maximum Gasteiger partial charge on any atom is 0.193 e. The highest BCUT2D eigenvalue weighted by atomic mass is 127. The monoisotopic (exact) mass is 511 g/mol. The Kier molecular flexibility index (Phi) is 10.7. The van der Waals surface area contributed by atoms with Crippen LogP contribution in [0.25, 0.3) is 10.8 Å². The van der Waals surface area contributed by atoms with Crippen LogP contribution in [0.15, 0.2) is 47.5 Å². The summed E-state index contributed by atoms with van der Waals surface area (Å²) in [6.07, 6.45) is 2.11. The summed E-state index contributed by atoms with van der Waals surface area (Å²) in [5.41, 5.74) is 1.34. The molecule has 2 aromatic carbocycles. The standard InChI is InChI=1S/C23H33N3O2.HI/c1-3-24-23(26-13-11-20(17-26)18-28-15-14-27-2)25-12-10-19-8-9-21-6-4-5-7-22(21)16-19;/h4-9,16,20H,3,10-15,17-18H2,1-2H3,(H,24,25);1H. The highest BCUT2D eigenvalue weighted by molar-refractivity contribution is 14.0. The minimum atomic E-state index is 0. The lowest BCUT2D eigenvalue weighted by Gasteiger charge is -2.21. The first-order chi connectivity index (χ1) is 13.8. The summed E-state index contributed by atoms with van der Waals surface area (Å²) in [7, 11) is 1.71. The van der Waals surface area contributed by atoms with E-state index in [9.17, 15) is 0 Å². The van der Waals surface area contributed by atoms with Crippen LogP contribution in [0.3, 0.4) is 0 Å². The first-order valence-electron chi connectivity index (χ1n) is 10.4. The van der Waals surface area contributed by atoms with Crippen molar-refractivity contribution >= 4 is 40.7 Å². The Bertz CT molecular complexity index is 769. The van der Waals surface area contributed by atoms with Crippen LogP contribution in [0.1, 0.15) is 18.9 Å². The first-order valence-corrected chi connectivity index (χ1v) is 10.4. The molecule has 1 heterocycles. The molecule has 1 fully saturated rings. The van der Waals surface area contributed by atoms with Crippen molar-refractivity contribution in [3.63, 3.8) is 0 Å². The van der Waals surface area contributed by atoms with Gasteiger partial charge in [0.15, 0.2) is 5.96 Å². The van der Waals surface area contributed by atoms with E-state index < -0.39 is 0 Å². The van der Waals surface area contributed by atoms with Crippen molar-refractivity contribution in [1.29, 1.82) is 0 Å². The zero-order valence-electron chi connectivity index (χ0n) is 17.6. The molecule has 1 atom stereocenters. The second-order valence-electron chi connectivity index (χ2n) is 7.34. The largest absolute Gasteiger partial charge is 0.382 e. The Morgan fingerprint density at radius 2 is 2.00 bits per heavy atom. The summed E-state index contributed by atoms with van der Waals surface area (Å²) in [6.45, 7) is 8.00. The number of nitrogens with one attached hydrogen (secondary N) is 1. The van der Waals surface area contributed by atoms with Gasteiger partial charge in [0.25, 0.3) is 0 Å². The minimum absolute atomic E-state index is 0. The van der Waals surface area contributed by atoms with Gasteiger partial charge in [0.05, 0.1) is 19.8 Å². The number of nitrogens with zero attached hydrogens (tertiary/aromatic N) is 2. The molecule has 0 bridgehead atoms. The number of ether oxygens (including phenoxy) is 2. The molecule has 0 saturated carbocycles. The third-order valence-corrected chi connectivity index (χ3v) is 5.18. The van der Waals surface area contributed by atoms with E-state index in [1.165, 1.54) is 16.3 Å². The van der Waals surface area contributed by atoms with Crippen molar-refractivity contribution in [2.24, 2.45) is 10.9 Å². The average Bonchev–Trinajstić information content (AvgIpc) is 3.19. The van der Waals surface area contributed by atoms with Gasteiger partial charge in [-0.25, -0.2) is 0 Å². The number of guanidine groups is 1. The normalized spacial score (nSPS) is 16.8. The van der Waals surface area contributed by atoms with Gasteiger partial charge < -0.3 is 19.7 Å². The number of halogens is 1. The second kappa shape index (κ2) is 13.0. The lowest BCUT2D eigenvalue weighted by atomic mass is 10.1. The molecule has 0 spiro atoms. The Labute approximate surface area is 191 Å². The molecule has 1 aliphatic rings. The Balaban J connectivity index is 0.00000300. The van der Waals surface area contributed by atoms with Gasteiger partial charge in [0.1, 0.15) is 0 Å². The fourth-order valence-corrected chi connectivity index (χ4v) is 3.66. The van der Waals surface area contributed by atoms with Crippen LogP contribution in [-0.2, 0) is 15.9 Å². The molecule has 6 heteroatoms. The molecular formula is C23H34IN3O2. The lowest BCUT2D eigenvalue weighted by Crippen LogP contribution is -2.40. The zero-order valence-corrected chi connectivity index (χ0v) is 19.9. The van der Waals surface area contributed by atoms with E-state index in [1.807, 2.05) is 0 Å². The van der Waals surface area contributed by atoms with Gasteiger partial charge in [-0.15, -0.1) is 24.0 Å². The first kappa shape index (κ1) is 23.9. The number of aliphatic imine (C=N–C) groups is 1. The van der Waals surface area contributed by atoms with Gasteiger partial charge in [-0.3, -0.25) is 4.99 Å². The summed E-state index contributed by atoms with van der Waals surface area (Å²) in [6, 6.07) is 15.2. The summed E-state index contributed by atoms with van der Waals surface area (Å²) in [4.78, 5) is 7.25. The van der Waals surface area contributed by atoms with Crippen molar-refractivity contribution in [2.75, 3.05) is 53.1 Å². The van der Waals surface area contributed by atoms with E-state index in [2.05, 4.69) is 59.6 Å². The molecule has 0 aliphatic carbocycles. The van der Waals surface area contributed by atoms with Crippen LogP contribution < -0.4 is 5.32 Å². The van der Waals surface area contributed by atoms with Crippen LogP contribution in [0.5, 0.6) is 0 Å². The number of fused-ring (bicyclic) bond motifs is 1. The second-order valence-corrected chi connectivity index (χ2v) is 7.34. The third-order valence-electron chi connectivity index (χ3n) is 5.18. The Hall–Kier alpha value is -1.38. The predicted octanol–water partition coefficient (Wildman–Crippen LogP) is 3.95. The molecule has 29 heavy (non-hydrogen) atoms. The fraction of sp³-hybridized carbons (Fsp3) is 0.522. The van der Waals surface area contributed by atoms with Gasteiger partial charge in [0, 0.05) is 39.2 Å². The van der Waals surface area contributed by atoms with E-state index in [0.717, 1.165) is 51.6 Å². The molecule has 1 aliphatic heterocycles. The van der Waals surface area contributed by atoms with Crippen molar-refractivity contribution in [3.05, 3.63) is 48.0 Å². The molecule has 3 rings (SSSR count). The molecule has 1 N–H and O–H groups in total. The van der Waals surface area contributed by atoms with Gasteiger partial charge in [-0.05, 0) is 36.1 Å². The van der Waals surface area contributed by atoms with E-state index in [1.54, 1.807) is 7.11 Å². The van der Waals surface area contributed by atoms with Crippen LogP contribution in [0.2, 0.25) is 0 Å². The number of benzene rings is 2. The van der Waals surface area contributed by atoms with Crippen LogP contribution in [0, 0.1) is 5.92 Å². The molecule has 0 radical (unpaired) electrons. The number of methoxy groups -OCH3 is 1. The van der Waals surface area contributed by atoms with Crippen molar-refractivity contribution in [1.82, 2.24) is 10.2 Å². The molecule has 2 aromatic rings. The molecule has 160 valence electrons. The topological polar surface area (TPSA) is 46.1 Å². The van der Waals surface area contributed by atoms with Gasteiger partial charge in [-0.1, -0.05) is 42.5 Å². The molecule has 5 nitrogen and oxygen atoms in total. The van der Waals surface area contributed by atoms with Crippen LogP contribution >= 0.6 is 24.0 Å². The summed E-state index contributed by atoms with van der Waals surface area (Å²) in [5.74, 6) is 1.60. The maximum absolute atomic E-state index is 5.71. The van der Waals surface area contributed by atoms with E-state index in [4.69, 9.17) is 14.5 Å².